The van der Waals surface area contributed by atoms with Crippen LogP contribution in [0.3, 0.4) is 0 Å². The molecule has 1 atom stereocenters. The van der Waals surface area contributed by atoms with Crippen molar-refractivity contribution in [3.05, 3.63) is 11.9 Å². The molecule has 2 rings (SSSR count). The lowest BCUT2D eigenvalue weighted by atomic mass is 9.99. The Bertz CT molecular complexity index is 391. The Labute approximate surface area is 110 Å². The zero-order valence-electron chi connectivity index (χ0n) is 11.7. The van der Waals surface area contributed by atoms with E-state index in [9.17, 15) is 0 Å². The van der Waals surface area contributed by atoms with Crippen molar-refractivity contribution in [2.24, 2.45) is 5.92 Å². The molecule has 0 amide bonds. The monoisotopic (exact) mass is 248 g/mol. The van der Waals surface area contributed by atoms with Crippen LogP contribution in [0.2, 0.25) is 0 Å². The molecule has 100 valence electrons. The topological polar surface area (TPSA) is 41.1 Å². The first-order chi connectivity index (χ1) is 8.76. The molecular formula is C14H24N4. The van der Waals surface area contributed by atoms with Crippen LogP contribution in [0.15, 0.2) is 6.33 Å². The first-order valence-corrected chi connectivity index (χ1v) is 7.02. The quantitative estimate of drug-likeness (QED) is 0.889. The molecule has 0 radical (unpaired) electrons. The van der Waals surface area contributed by atoms with Crippen molar-refractivity contribution in [3.8, 4) is 0 Å². The van der Waals surface area contributed by atoms with E-state index in [1.165, 1.54) is 18.4 Å². The molecule has 2 heterocycles. The number of nitrogens with one attached hydrogen (secondary N) is 1. The molecule has 0 aliphatic carbocycles. The second-order valence-corrected chi connectivity index (χ2v) is 5.22. The Balaban J connectivity index is 2.30. The number of aromatic nitrogens is 2. The highest BCUT2D eigenvalue weighted by atomic mass is 15.2. The molecule has 1 unspecified atom stereocenters. The lowest BCUT2D eigenvalue weighted by Gasteiger charge is -2.33. The Morgan fingerprint density at radius 2 is 2.28 bits per heavy atom. The van der Waals surface area contributed by atoms with Crippen molar-refractivity contribution in [3.63, 3.8) is 0 Å². The summed E-state index contributed by atoms with van der Waals surface area (Å²) in [6.45, 7) is 6.78. The third kappa shape index (κ3) is 2.74. The van der Waals surface area contributed by atoms with Crippen LogP contribution in [0.1, 0.15) is 38.7 Å². The van der Waals surface area contributed by atoms with Gasteiger partial charge in [0.2, 0.25) is 0 Å². The average Bonchev–Trinajstić information content (AvgIpc) is 2.39. The Hall–Kier alpha value is -1.32. The molecule has 1 aliphatic heterocycles. The van der Waals surface area contributed by atoms with Gasteiger partial charge in [0.1, 0.15) is 18.0 Å². The second kappa shape index (κ2) is 6.03. The molecule has 0 bridgehead atoms. The predicted octanol–water partition coefficient (Wildman–Crippen LogP) is 2.71. The molecule has 0 spiro atoms. The van der Waals surface area contributed by atoms with Crippen LogP contribution in [-0.4, -0.2) is 30.1 Å². The standard InChI is InChI=1S/C14H24N4/c1-4-6-12-13(15-3)16-10-17-14(12)18-8-5-7-11(2)9-18/h10-11H,4-9H2,1-3H3,(H,15,16,17). The molecule has 1 fully saturated rings. The summed E-state index contributed by atoms with van der Waals surface area (Å²) < 4.78 is 0. The minimum absolute atomic E-state index is 0.765. The van der Waals surface area contributed by atoms with Crippen LogP contribution < -0.4 is 10.2 Å². The lowest BCUT2D eigenvalue weighted by molar-refractivity contribution is 0.443. The second-order valence-electron chi connectivity index (χ2n) is 5.22. The number of anilines is 2. The molecule has 1 aromatic heterocycles. The van der Waals surface area contributed by atoms with Gasteiger partial charge in [-0.1, -0.05) is 20.3 Å². The summed E-state index contributed by atoms with van der Waals surface area (Å²) >= 11 is 0. The van der Waals surface area contributed by atoms with Gasteiger partial charge in [-0.05, 0) is 25.2 Å². The Morgan fingerprint density at radius 3 is 2.94 bits per heavy atom. The van der Waals surface area contributed by atoms with Crippen molar-refractivity contribution in [2.75, 3.05) is 30.4 Å². The zero-order valence-corrected chi connectivity index (χ0v) is 11.7. The van der Waals surface area contributed by atoms with Crippen molar-refractivity contribution >= 4 is 11.6 Å². The molecule has 18 heavy (non-hydrogen) atoms. The van der Waals surface area contributed by atoms with E-state index in [-0.39, 0.29) is 0 Å². The van der Waals surface area contributed by atoms with Crippen LogP contribution in [-0.2, 0) is 6.42 Å². The lowest BCUT2D eigenvalue weighted by Crippen LogP contribution is -2.35. The number of piperidine rings is 1. The molecule has 1 aromatic rings. The van der Waals surface area contributed by atoms with Gasteiger partial charge in [0.15, 0.2) is 0 Å². The van der Waals surface area contributed by atoms with Crippen molar-refractivity contribution < 1.29 is 0 Å². The van der Waals surface area contributed by atoms with E-state index in [2.05, 4.69) is 34.0 Å². The van der Waals surface area contributed by atoms with Crippen molar-refractivity contribution in [2.45, 2.75) is 39.5 Å². The summed E-state index contributed by atoms with van der Waals surface area (Å²) in [6, 6.07) is 0. The van der Waals surface area contributed by atoms with Gasteiger partial charge >= 0.3 is 0 Å². The minimum atomic E-state index is 0.765. The fraction of sp³-hybridized carbons (Fsp3) is 0.714. The van der Waals surface area contributed by atoms with E-state index in [1.54, 1.807) is 6.33 Å². The number of hydrogen-bond donors (Lipinski definition) is 1. The molecule has 0 aromatic carbocycles. The van der Waals surface area contributed by atoms with Crippen LogP contribution in [0.5, 0.6) is 0 Å². The molecule has 0 saturated carbocycles. The van der Waals surface area contributed by atoms with Gasteiger partial charge in [0.25, 0.3) is 0 Å². The fourth-order valence-corrected chi connectivity index (χ4v) is 2.75. The fourth-order valence-electron chi connectivity index (χ4n) is 2.75. The number of rotatable bonds is 4. The zero-order chi connectivity index (χ0) is 13.0. The van der Waals surface area contributed by atoms with Gasteiger partial charge in [-0.2, -0.15) is 0 Å². The van der Waals surface area contributed by atoms with Gasteiger partial charge in [-0.3, -0.25) is 0 Å². The van der Waals surface area contributed by atoms with Gasteiger partial charge in [0, 0.05) is 25.7 Å². The van der Waals surface area contributed by atoms with Crippen LogP contribution in [0, 0.1) is 5.92 Å². The van der Waals surface area contributed by atoms with Crippen LogP contribution in [0.25, 0.3) is 0 Å². The summed E-state index contributed by atoms with van der Waals surface area (Å²) in [5.74, 6) is 2.89. The number of hydrogen-bond acceptors (Lipinski definition) is 4. The van der Waals surface area contributed by atoms with Gasteiger partial charge in [-0.25, -0.2) is 9.97 Å². The van der Waals surface area contributed by atoms with Crippen molar-refractivity contribution in [1.82, 2.24) is 9.97 Å². The van der Waals surface area contributed by atoms with E-state index in [0.29, 0.717) is 0 Å². The largest absolute Gasteiger partial charge is 0.373 e. The average molecular weight is 248 g/mol. The Morgan fingerprint density at radius 1 is 1.44 bits per heavy atom. The molecule has 1 aliphatic rings. The molecular weight excluding hydrogens is 224 g/mol. The van der Waals surface area contributed by atoms with E-state index in [0.717, 1.165) is 43.5 Å². The SMILES string of the molecule is CCCc1c(NC)ncnc1N1CCCC(C)C1. The minimum Gasteiger partial charge on any atom is -0.373 e. The van der Waals surface area contributed by atoms with E-state index >= 15 is 0 Å². The third-order valence-electron chi connectivity index (χ3n) is 3.62. The van der Waals surface area contributed by atoms with E-state index < -0.39 is 0 Å². The maximum atomic E-state index is 4.54. The van der Waals surface area contributed by atoms with E-state index in [4.69, 9.17) is 0 Å². The summed E-state index contributed by atoms with van der Waals surface area (Å²) in [5, 5.41) is 3.19. The smallest absolute Gasteiger partial charge is 0.137 e. The molecule has 4 heteroatoms. The highest BCUT2D eigenvalue weighted by molar-refractivity contribution is 5.58. The summed E-state index contributed by atoms with van der Waals surface area (Å²) in [6.07, 6.45) is 6.45. The highest BCUT2D eigenvalue weighted by Crippen LogP contribution is 2.28. The van der Waals surface area contributed by atoms with Crippen LogP contribution >= 0.6 is 0 Å². The first-order valence-electron chi connectivity index (χ1n) is 7.02. The first kappa shape index (κ1) is 13.1. The third-order valence-corrected chi connectivity index (χ3v) is 3.62. The maximum absolute atomic E-state index is 4.54. The molecule has 4 nitrogen and oxygen atoms in total. The van der Waals surface area contributed by atoms with Crippen molar-refractivity contribution in [1.29, 1.82) is 0 Å². The Kier molecular flexibility index (Phi) is 4.39. The van der Waals surface area contributed by atoms with Gasteiger partial charge in [0.05, 0.1) is 0 Å². The molecule has 1 saturated heterocycles. The predicted molar refractivity (Wildman–Crippen MR) is 76.2 cm³/mol. The summed E-state index contributed by atoms with van der Waals surface area (Å²) in [7, 11) is 1.93. The number of nitrogens with zero attached hydrogens (tertiary/aromatic N) is 3. The highest BCUT2D eigenvalue weighted by Gasteiger charge is 2.21. The van der Waals surface area contributed by atoms with Gasteiger partial charge in [-0.15, -0.1) is 0 Å². The molecule has 1 N–H and O–H groups in total. The maximum Gasteiger partial charge on any atom is 0.137 e. The van der Waals surface area contributed by atoms with Gasteiger partial charge < -0.3 is 10.2 Å². The van der Waals surface area contributed by atoms with E-state index in [1.807, 2.05) is 7.05 Å². The summed E-state index contributed by atoms with van der Waals surface area (Å²) in [4.78, 5) is 11.3. The summed E-state index contributed by atoms with van der Waals surface area (Å²) in [5.41, 5.74) is 1.27. The normalized spacial score (nSPS) is 19.9. The van der Waals surface area contributed by atoms with Crippen LogP contribution in [0.4, 0.5) is 11.6 Å².